The molecule has 0 atom stereocenters. The monoisotopic (exact) mass is 222 g/mol. The Labute approximate surface area is 95.5 Å². The van der Waals surface area contributed by atoms with Crippen molar-refractivity contribution in [3.63, 3.8) is 0 Å². The summed E-state index contributed by atoms with van der Waals surface area (Å²) in [5.74, 6) is 0. The minimum atomic E-state index is 0. The first kappa shape index (κ1) is 20.3. The standard InChI is InChI=1S/2C6H14O.H2O/c2*1-5(2)7-6(3)4;/h2*5-6H,1-4H3;1H2. The summed E-state index contributed by atoms with van der Waals surface area (Å²) in [7, 11) is 0. The Balaban J connectivity index is -0.000000180. The molecule has 0 saturated heterocycles. The fourth-order valence-electron chi connectivity index (χ4n) is 1.09. The van der Waals surface area contributed by atoms with Gasteiger partial charge in [0.2, 0.25) is 0 Å². The number of ether oxygens (including phenoxy) is 2. The second-order valence-corrected chi connectivity index (χ2v) is 4.47. The van der Waals surface area contributed by atoms with E-state index in [1.54, 1.807) is 0 Å². The van der Waals surface area contributed by atoms with Gasteiger partial charge in [-0.2, -0.15) is 0 Å². The Morgan fingerprint density at radius 1 is 0.467 bits per heavy atom. The topological polar surface area (TPSA) is 50.0 Å². The van der Waals surface area contributed by atoms with Gasteiger partial charge >= 0.3 is 0 Å². The van der Waals surface area contributed by atoms with Crippen molar-refractivity contribution in [1.82, 2.24) is 0 Å². The predicted octanol–water partition coefficient (Wildman–Crippen LogP) is 2.81. The van der Waals surface area contributed by atoms with Crippen LogP contribution in [0.15, 0.2) is 0 Å². The average molecular weight is 222 g/mol. The molecule has 0 aliphatic rings. The second kappa shape index (κ2) is 12.0. The normalized spacial score (nSPS) is 10.4. The van der Waals surface area contributed by atoms with Crippen LogP contribution in [0.5, 0.6) is 0 Å². The van der Waals surface area contributed by atoms with Gasteiger partial charge in [-0.1, -0.05) is 0 Å². The van der Waals surface area contributed by atoms with Crippen LogP contribution in [0.25, 0.3) is 0 Å². The van der Waals surface area contributed by atoms with Gasteiger partial charge in [0.25, 0.3) is 0 Å². The summed E-state index contributed by atoms with van der Waals surface area (Å²) in [5.41, 5.74) is 0. The van der Waals surface area contributed by atoms with E-state index in [0.717, 1.165) is 0 Å². The van der Waals surface area contributed by atoms with Crippen LogP contribution in [0.2, 0.25) is 0 Å². The summed E-state index contributed by atoms with van der Waals surface area (Å²) in [4.78, 5) is 0. The molecule has 0 spiro atoms. The van der Waals surface area contributed by atoms with Crippen molar-refractivity contribution in [2.24, 2.45) is 0 Å². The van der Waals surface area contributed by atoms with Crippen molar-refractivity contribution in [2.45, 2.75) is 79.8 Å². The Bertz CT molecular complexity index is 83.4. The molecule has 96 valence electrons. The van der Waals surface area contributed by atoms with Crippen molar-refractivity contribution in [3.05, 3.63) is 0 Å². The zero-order valence-corrected chi connectivity index (χ0v) is 11.6. The number of rotatable bonds is 4. The summed E-state index contributed by atoms with van der Waals surface area (Å²) < 4.78 is 10.5. The minimum Gasteiger partial charge on any atom is -0.412 e. The lowest BCUT2D eigenvalue weighted by Crippen LogP contribution is -2.09. The molecule has 0 saturated carbocycles. The van der Waals surface area contributed by atoms with Gasteiger partial charge in [-0.25, -0.2) is 0 Å². The first-order chi connectivity index (χ1) is 6.25. The van der Waals surface area contributed by atoms with E-state index in [9.17, 15) is 0 Å². The zero-order valence-electron chi connectivity index (χ0n) is 11.6. The van der Waals surface area contributed by atoms with E-state index in [-0.39, 0.29) is 5.48 Å². The summed E-state index contributed by atoms with van der Waals surface area (Å²) >= 11 is 0. The molecule has 15 heavy (non-hydrogen) atoms. The highest BCUT2D eigenvalue weighted by Crippen LogP contribution is 1.93. The van der Waals surface area contributed by atoms with E-state index in [0.29, 0.717) is 24.4 Å². The fraction of sp³-hybridized carbons (Fsp3) is 1.00. The molecule has 3 nitrogen and oxygen atoms in total. The quantitative estimate of drug-likeness (QED) is 0.734. The molecule has 0 aliphatic carbocycles. The van der Waals surface area contributed by atoms with Crippen LogP contribution in [-0.4, -0.2) is 29.9 Å². The molecule has 0 bridgehead atoms. The van der Waals surface area contributed by atoms with Crippen LogP contribution in [0.3, 0.4) is 0 Å². The molecule has 0 heterocycles. The molecular weight excluding hydrogens is 192 g/mol. The van der Waals surface area contributed by atoms with Gasteiger partial charge in [-0.15, -0.1) is 0 Å². The SMILES string of the molecule is CC(C)OC(C)C.CC(C)OC(C)C.O. The number of hydrogen-bond donors (Lipinski definition) is 0. The van der Waals surface area contributed by atoms with E-state index in [1.807, 2.05) is 55.4 Å². The molecule has 0 unspecified atom stereocenters. The molecule has 0 aromatic rings. The summed E-state index contributed by atoms with van der Waals surface area (Å²) in [6, 6.07) is 0. The van der Waals surface area contributed by atoms with Crippen LogP contribution < -0.4 is 0 Å². The Hall–Kier alpha value is -0.120. The molecular formula is C12H30O3. The molecule has 0 amide bonds. The summed E-state index contributed by atoms with van der Waals surface area (Å²) in [6.07, 6.45) is 1.50. The van der Waals surface area contributed by atoms with Crippen LogP contribution in [0.4, 0.5) is 0 Å². The molecule has 2 N–H and O–H groups in total. The molecule has 0 aromatic carbocycles. The van der Waals surface area contributed by atoms with Gasteiger partial charge in [-0.05, 0) is 55.4 Å². The lowest BCUT2D eigenvalue weighted by Gasteiger charge is -2.09. The van der Waals surface area contributed by atoms with Crippen LogP contribution in [0.1, 0.15) is 55.4 Å². The molecule has 0 aliphatic heterocycles. The van der Waals surface area contributed by atoms with Gasteiger partial charge < -0.3 is 14.9 Å². The van der Waals surface area contributed by atoms with E-state index >= 15 is 0 Å². The Kier molecular flexibility index (Phi) is 16.2. The van der Waals surface area contributed by atoms with Gasteiger partial charge in [0.15, 0.2) is 0 Å². The third kappa shape index (κ3) is 31.5. The maximum Gasteiger partial charge on any atom is 0.0522 e. The second-order valence-electron chi connectivity index (χ2n) is 4.47. The highest BCUT2D eigenvalue weighted by molar-refractivity contribution is 4.40. The molecule has 0 rings (SSSR count). The molecule has 0 aromatic heterocycles. The fourth-order valence-corrected chi connectivity index (χ4v) is 1.09. The van der Waals surface area contributed by atoms with Crippen molar-refractivity contribution in [3.8, 4) is 0 Å². The maximum atomic E-state index is 5.25. The Morgan fingerprint density at radius 2 is 0.600 bits per heavy atom. The minimum absolute atomic E-state index is 0. The van der Waals surface area contributed by atoms with E-state index < -0.39 is 0 Å². The van der Waals surface area contributed by atoms with Crippen LogP contribution in [0, 0.1) is 0 Å². The van der Waals surface area contributed by atoms with E-state index in [4.69, 9.17) is 9.47 Å². The van der Waals surface area contributed by atoms with Crippen molar-refractivity contribution in [1.29, 1.82) is 0 Å². The van der Waals surface area contributed by atoms with Gasteiger partial charge in [-0.3, -0.25) is 0 Å². The van der Waals surface area contributed by atoms with Gasteiger partial charge in [0.1, 0.15) is 0 Å². The van der Waals surface area contributed by atoms with Gasteiger partial charge in [0, 0.05) is 0 Å². The molecule has 0 fully saturated rings. The first-order valence-electron chi connectivity index (χ1n) is 5.56. The van der Waals surface area contributed by atoms with Crippen LogP contribution in [-0.2, 0) is 9.47 Å². The smallest absolute Gasteiger partial charge is 0.0522 e. The van der Waals surface area contributed by atoms with Crippen LogP contribution >= 0.6 is 0 Å². The largest absolute Gasteiger partial charge is 0.412 e. The van der Waals surface area contributed by atoms with E-state index in [1.165, 1.54) is 0 Å². The predicted molar refractivity (Wildman–Crippen MR) is 66.3 cm³/mol. The lowest BCUT2D eigenvalue weighted by molar-refractivity contribution is 0.0296. The average Bonchev–Trinajstić information content (AvgIpc) is 1.79. The lowest BCUT2D eigenvalue weighted by atomic mass is 10.4. The summed E-state index contributed by atoms with van der Waals surface area (Å²) in [6.45, 7) is 16.3. The molecule has 3 heteroatoms. The van der Waals surface area contributed by atoms with Crippen molar-refractivity contribution in [2.75, 3.05) is 0 Å². The number of hydrogen-bond acceptors (Lipinski definition) is 2. The summed E-state index contributed by atoms with van der Waals surface area (Å²) in [5, 5.41) is 0. The Morgan fingerprint density at radius 3 is 0.600 bits per heavy atom. The van der Waals surface area contributed by atoms with Crippen molar-refractivity contribution >= 4 is 0 Å². The van der Waals surface area contributed by atoms with Crippen molar-refractivity contribution < 1.29 is 14.9 Å². The first-order valence-corrected chi connectivity index (χ1v) is 5.56. The van der Waals surface area contributed by atoms with E-state index in [2.05, 4.69) is 0 Å². The highest BCUT2D eigenvalue weighted by Gasteiger charge is 1.94. The highest BCUT2D eigenvalue weighted by atomic mass is 16.5. The third-order valence-electron chi connectivity index (χ3n) is 1.09. The third-order valence-corrected chi connectivity index (χ3v) is 1.09. The molecule has 0 radical (unpaired) electrons. The zero-order chi connectivity index (χ0) is 11.7. The van der Waals surface area contributed by atoms with Gasteiger partial charge in [0.05, 0.1) is 24.4 Å². The maximum absolute atomic E-state index is 5.25.